The molecule has 1 aromatic heterocycles. The maximum Gasteiger partial charge on any atom is 0.252 e. The van der Waals surface area contributed by atoms with E-state index >= 15 is 0 Å². The minimum atomic E-state index is -0.317. The highest BCUT2D eigenvalue weighted by Gasteiger charge is 2.02. The highest BCUT2D eigenvalue weighted by atomic mass is 16.1. The van der Waals surface area contributed by atoms with Crippen LogP contribution in [0.25, 0.3) is 11.4 Å². The number of nitrogens with one attached hydrogen (secondary N) is 1. The Labute approximate surface area is 92.2 Å². The number of aromatic amines is 1. The molecular weight excluding hydrogens is 202 g/mol. The molecule has 0 atom stereocenters. The zero-order valence-corrected chi connectivity index (χ0v) is 8.69. The number of aryl methyl sites for hydroxylation is 1. The van der Waals surface area contributed by atoms with Crippen molar-refractivity contribution in [2.75, 3.05) is 0 Å². The number of hydrogen-bond donors (Lipinski definition) is 1. The van der Waals surface area contributed by atoms with E-state index in [0.717, 1.165) is 11.1 Å². The third kappa shape index (κ3) is 1.98. The van der Waals surface area contributed by atoms with Gasteiger partial charge in [-0.1, -0.05) is 29.8 Å². The van der Waals surface area contributed by atoms with Crippen LogP contribution in [0, 0.1) is 18.3 Å². The van der Waals surface area contributed by atoms with Crippen molar-refractivity contribution in [3.8, 4) is 17.5 Å². The monoisotopic (exact) mass is 211 g/mol. The number of benzene rings is 1. The first-order valence-corrected chi connectivity index (χ1v) is 4.77. The minimum absolute atomic E-state index is 0.124. The van der Waals surface area contributed by atoms with E-state index in [-0.39, 0.29) is 11.3 Å². The van der Waals surface area contributed by atoms with E-state index in [0.29, 0.717) is 5.82 Å². The topological polar surface area (TPSA) is 69.5 Å². The molecule has 0 aliphatic rings. The van der Waals surface area contributed by atoms with Crippen LogP contribution in [-0.2, 0) is 0 Å². The van der Waals surface area contributed by atoms with E-state index in [9.17, 15) is 4.79 Å². The number of aromatic nitrogens is 2. The highest BCUT2D eigenvalue weighted by molar-refractivity contribution is 5.55. The molecule has 16 heavy (non-hydrogen) atoms. The lowest BCUT2D eigenvalue weighted by Crippen LogP contribution is -2.08. The van der Waals surface area contributed by atoms with Gasteiger partial charge < -0.3 is 4.98 Å². The number of hydrogen-bond acceptors (Lipinski definition) is 3. The zero-order valence-electron chi connectivity index (χ0n) is 8.69. The van der Waals surface area contributed by atoms with Crippen LogP contribution in [0.3, 0.4) is 0 Å². The first-order valence-electron chi connectivity index (χ1n) is 4.77. The Hall–Kier alpha value is -2.41. The molecule has 0 unspecified atom stereocenters. The van der Waals surface area contributed by atoms with Crippen molar-refractivity contribution < 1.29 is 0 Å². The molecule has 0 spiro atoms. The third-order valence-electron chi connectivity index (χ3n) is 2.18. The molecule has 4 heteroatoms. The SMILES string of the molecule is Cc1ccc(-c2nc(C#N)cc(=O)[nH]2)cc1. The van der Waals surface area contributed by atoms with Crippen LogP contribution >= 0.6 is 0 Å². The second kappa shape index (κ2) is 3.99. The average molecular weight is 211 g/mol. The molecule has 0 radical (unpaired) electrons. The standard InChI is InChI=1S/C12H9N3O/c1-8-2-4-9(5-3-8)12-14-10(7-13)6-11(16)15-12/h2-6H,1H3,(H,14,15,16). The quantitative estimate of drug-likeness (QED) is 0.779. The van der Waals surface area contributed by atoms with Crippen LogP contribution < -0.4 is 5.56 Å². The fraction of sp³-hybridized carbons (Fsp3) is 0.0833. The van der Waals surface area contributed by atoms with E-state index in [1.165, 1.54) is 6.07 Å². The van der Waals surface area contributed by atoms with Gasteiger partial charge in [0.25, 0.3) is 5.56 Å². The van der Waals surface area contributed by atoms with Crippen molar-refractivity contribution in [1.29, 1.82) is 5.26 Å². The van der Waals surface area contributed by atoms with E-state index in [1.807, 2.05) is 37.3 Å². The highest BCUT2D eigenvalue weighted by Crippen LogP contribution is 2.13. The van der Waals surface area contributed by atoms with E-state index in [2.05, 4.69) is 9.97 Å². The summed E-state index contributed by atoms with van der Waals surface area (Å²) in [5.74, 6) is 0.420. The Balaban J connectivity index is 2.56. The van der Waals surface area contributed by atoms with Gasteiger partial charge in [0.2, 0.25) is 0 Å². The Morgan fingerprint density at radius 2 is 2.00 bits per heavy atom. The average Bonchev–Trinajstić information content (AvgIpc) is 2.29. The van der Waals surface area contributed by atoms with Crippen molar-refractivity contribution in [3.63, 3.8) is 0 Å². The lowest BCUT2D eigenvalue weighted by molar-refractivity contribution is 1.10. The van der Waals surface area contributed by atoms with Gasteiger partial charge in [0.05, 0.1) is 0 Å². The summed E-state index contributed by atoms with van der Waals surface area (Å²) in [7, 11) is 0. The van der Waals surface area contributed by atoms with Gasteiger partial charge in [-0.15, -0.1) is 0 Å². The van der Waals surface area contributed by atoms with Crippen molar-refractivity contribution in [1.82, 2.24) is 9.97 Å². The molecule has 1 heterocycles. The van der Waals surface area contributed by atoms with Gasteiger partial charge in [-0.2, -0.15) is 5.26 Å². The van der Waals surface area contributed by atoms with Gasteiger partial charge in [-0.3, -0.25) is 4.79 Å². The van der Waals surface area contributed by atoms with Gasteiger partial charge in [-0.25, -0.2) is 4.98 Å². The van der Waals surface area contributed by atoms with Gasteiger partial charge in [0.1, 0.15) is 17.6 Å². The van der Waals surface area contributed by atoms with Crippen LogP contribution in [0.2, 0.25) is 0 Å². The van der Waals surface area contributed by atoms with Crippen LogP contribution in [-0.4, -0.2) is 9.97 Å². The summed E-state index contributed by atoms with van der Waals surface area (Å²) in [6, 6.07) is 10.6. The van der Waals surface area contributed by atoms with Crippen molar-refractivity contribution >= 4 is 0 Å². The molecule has 2 rings (SSSR count). The fourth-order valence-corrected chi connectivity index (χ4v) is 1.36. The summed E-state index contributed by atoms with van der Waals surface area (Å²) in [5.41, 5.74) is 1.73. The van der Waals surface area contributed by atoms with Crippen LogP contribution in [0.4, 0.5) is 0 Å². The third-order valence-corrected chi connectivity index (χ3v) is 2.18. The van der Waals surface area contributed by atoms with Crippen LogP contribution in [0.1, 0.15) is 11.3 Å². The lowest BCUT2D eigenvalue weighted by atomic mass is 10.1. The van der Waals surface area contributed by atoms with Crippen molar-refractivity contribution in [2.45, 2.75) is 6.92 Å². The van der Waals surface area contributed by atoms with Gasteiger partial charge in [0.15, 0.2) is 0 Å². The molecular formula is C12H9N3O. The fourth-order valence-electron chi connectivity index (χ4n) is 1.36. The largest absolute Gasteiger partial charge is 0.306 e. The number of nitrogens with zero attached hydrogens (tertiary/aromatic N) is 2. The predicted molar refractivity (Wildman–Crippen MR) is 59.7 cm³/mol. The molecule has 0 aliphatic heterocycles. The second-order valence-corrected chi connectivity index (χ2v) is 3.46. The van der Waals surface area contributed by atoms with Crippen LogP contribution in [0.15, 0.2) is 35.1 Å². The number of nitriles is 1. The normalized spacial score (nSPS) is 9.75. The molecule has 0 aliphatic carbocycles. The Kier molecular flexibility index (Phi) is 2.52. The molecule has 0 saturated carbocycles. The van der Waals surface area contributed by atoms with Gasteiger partial charge >= 0.3 is 0 Å². The number of H-pyrrole nitrogens is 1. The van der Waals surface area contributed by atoms with Gasteiger partial charge in [0, 0.05) is 11.6 Å². The molecule has 0 fully saturated rings. The molecule has 1 N–H and O–H groups in total. The van der Waals surface area contributed by atoms with Crippen LogP contribution in [0.5, 0.6) is 0 Å². The lowest BCUT2D eigenvalue weighted by Gasteiger charge is -2.01. The first kappa shape index (κ1) is 10.1. The van der Waals surface area contributed by atoms with Crippen molar-refractivity contribution in [3.05, 3.63) is 51.9 Å². The summed E-state index contributed by atoms with van der Waals surface area (Å²) in [6.07, 6.45) is 0. The zero-order chi connectivity index (χ0) is 11.5. The Bertz CT molecular complexity index is 605. The van der Waals surface area contributed by atoms with Crippen molar-refractivity contribution in [2.24, 2.45) is 0 Å². The number of rotatable bonds is 1. The Morgan fingerprint density at radius 3 is 2.62 bits per heavy atom. The van der Waals surface area contributed by atoms with E-state index in [4.69, 9.17) is 5.26 Å². The molecule has 1 aromatic carbocycles. The Morgan fingerprint density at radius 1 is 1.31 bits per heavy atom. The predicted octanol–water partition coefficient (Wildman–Crippen LogP) is 1.62. The maximum atomic E-state index is 11.3. The summed E-state index contributed by atoms with van der Waals surface area (Å²) >= 11 is 0. The molecule has 0 amide bonds. The first-order chi connectivity index (χ1) is 7.69. The molecule has 0 bridgehead atoms. The molecule has 78 valence electrons. The summed E-state index contributed by atoms with van der Waals surface area (Å²) < 4.78 is 0. The van der Waals surface area contributed by atoms with E-state index in [1.54, 1.807) is 0 Å². The summed E-state index contributed by atoms with van der Waals surface area (Å²) in [4.78, 5) is 17.9. The summed E-state index contributed by atoms with van der Waals surface area (Å²) in [6.45, 7) is 1.98. The maximum absolute atomic E-state index is 11.3. The smallest absolute Gasteiger partial charge is 0.252 e. The molecule has 2 aromatic rings. The minimum Gasteiger partial charge on any atom is -0.306 e. The molecule has 0 saturated heterocycles. The summed E-state index contributed by atoms with van der Waals surface area (Å²) in [5, 5.41) is 8.71. The van der Waals surface area contributed by atoms with E-state index < -0.39 is 0 Å². The molecule has 4 nitrogen and oxygen atoms in total. The van der Waals surface area contributed by atoms with Gasteiger partial charge in [-0.05, 0) is 6.92 Å². The second-order valence-electron chi connectivity index (χ2n) is 3.46.